The average Bonchev–Trinajstić information content (AvgIpc) is 2.33. The van der Waals surface area contributed by atoms with Gasteiger partial charge in [0.05, 0.1) is 0 Å². The zero-order valence-corrected chi connectivity index (χ0v) is 11.0. The summed E-state index contributed by atoms with van der Waals surface area (Å²) in [6.07, 6.45) is 1.44. The molecule has 88 valence electrons. The topological polar surface area (TPSA) is 63.8 Å². The van der Waals surface area contributed by atoms with Crippen molar-refractivity contribution in [2.45, 2.75) is 13.5 Å². The molecule has 0 radical (unpaired) electrons. The quantitative estimate of drug-likeness (QED) is 0.913. The highest BCUT2D eigenvalue weighted by Gasteiger charge is 2.04. The maximum absolute atomic E-state index is 5.67. The number of nitrogens with two attached hydrogens (primary N) is 1. The molecule has 5 heteroatoms. The summed E-state index contributed by atoms with van der Waals surface area (Å²) in [6.45, 7) is 2.77. The van der Waals surface area contributed by atoms with Crippen LogP contribution in [0.5, 0.6) is 0 Å². The van der Waals surface area contributed by atoms with Crippen LogP contribution < -0.4 is 11.1 Å². The number of nitrogens with one attached hydrogen (secondary N) is 1. The molecule has 1 heterocycles. The van der Waals surface area contributed by atoms with Crippen molar-refractivity contribution >= 4 is 27.6 Å². The third-order valence-electron chi connectivity index (χ3n) is 2.40. The van der Waals surface area contributed by atoms with E-state index in [1.54, 1.807) is 0 Å². The molecular formula is C12H13BrN4. The lowest BCUT2D eigenvalue weighted by Gasteiger charge is -2.08. The molecule has 0 aliphatic heterocycles. The Morgan fingerprint density at radius 2 is 1.94 bits per heavy atom. The van der Waals surface area contributed by atoms with Crippen LogP contribution in [0, 0.1) is 6.92 Å². The molecule has 0 fully saturated rings. The van der Waals surface area contributed by atoms with Gasteiger partial charge in [-0.1, -0.05) is 29.8 Å². The summed E-state index contributed by atoms with van der Waals surface area (Å²) in [5.41, 5.74) is 8.12. The van der Waals surface area contributed by atoms with Crippen molar-refractivity contribution in [1.29, 1.82) is 0 Å². The first-order valence-corrected chi connectivity index (χ1v) is 6.01. The van der Waals surface area contributed by atoms with Gasteiger partial charge in [0.15, 0.2) is 0 Å². The summed E-state index contributed by atoms with van der Waals surface area (Å²) in [5, 5.41) is 3.21. The van der Waals surface area contributed by atoms with Gasteiger partial charge in [-0.3, -0.25) is 0 Å². The number of rotatable bonds is 3. The summed E-state index contributed by atoms with van der Waals surface area (Å²) in [6, 6.07) is 8.34. The van der Waals surface area contributed by atoms with Gasteiger partial charge in [-0.15, -0.1) is 0 Å². The normalized spacial score (nSPS) is 10.2. The molecule has 0 bridgehead atoms. The maximum Gasteiger partial charge on any atom is 0.146 e. The summed E-state index contributed by atoms with van der Waals surface area (Å²) in [7, 11) is 0. The summed E-state index contributed by atoms with van der Waals surface area (Å²) in [5.74, 6) is 1.14. The Morgan fingerprint density at radius 3 is 2.65 bits per heavy atom. The minimum absolute atomic E-state index is 0.436. The Balaban J connectivity index is 2.07. The third kappa shape index (κ3) is 2.94. The van der Waals surface area contributed by atoms with E-state index < -0.39 is 0 Å². The van der Waals surface area contributed by atoms with Gasteiger partial charge in [-0.2, -0.15) is 0 Å². The second kappa shape index (κ2) is 5.14. The van der Waals surface area contributed by atoms with E-state index in [1.807, 2.05) is 0 Å². The third-order valence-corrected chi connectivity index (χ3v) is 3.18. The molecule has 0 atom stereocenters. The highest BCUT2D eigenvalue weighted by molar-refractivity contribution is 9.10. The lowest BCUT2D eigenvalue weighted by atomic mass is 10.1. The fraction of sp³-hybridized carbons (Fsp3) is 0.167. The van der Waals surface area contributed by atoms with Crippen LogP contribution in [-0.4, -0.2) is 9.97 Å². The van der Waals surface area contributed by atoms with Crippen LogP contribution in [0.3, 0.4) is 0 Å². The largest absolute Gasteiger partial charge is 0.383 e. The molecule has 17 heavy (non-hydrogen) atoms. The van der Waals surface area contributed by atoms with Crippen LogP contribution in [0.1, 0.15) is 11.1 Å². The number of aromatic nitrogens is 2. The molecule has 0 saturated heterocycles. The minimum Gasteiger partial charge on any atom is -0.383 e. The van der Waals surface area contributed by atoms with Crippen LogP contribution in [0.2, 0.25) is 0 Å². The van der Waals surface area contributed by atoms with Crippen molar-refractivity contribution in [2.24, 2.45) is 0 Å². The first kappa shape index (κ1) is 11.9. The molecule has 1 aromatic carbocycles. The van der Waals surface area contributed by atoms with Crippen molar-refractivity contribution in [3.63, 3.8) is 0 Å². The van der Waals surface area contributed by atoms with Crippen LogP contribution in [0.15, 0.2) is 35.1 Å². The molecule has 0 amide bonds. The molecule has 0 spiro atoms. The summed E-state index contributed by atoms with van der Waals surface area (Å²) >= 11 is 3.35. The van der Waals surface area contributed by atoms with E-state index in [0.717, 1.165) is 0 Å². The number of nitrogen functional groups attached to an aromatic ring is 1. The number of halogens is 1. The smallest absolute Gasteiger partial charge is 0.146 e. The van der Waals surface area contributed by atoms with E-state index in [2.05, 4.69) is 62.4 Å². The predicted molar refractivity (Wildman–Crippen MR) is 72.7 cm³/mol. The lowest BCUT2D eigenvalue weighted by molar-refractivity contribution is 1.07. The van der Waals surface area contributed by atoms with Crippen molar-refractivity contribution in [3.8, 4) is 0 Å². The maximum atomic E-state index is 5.67. The molecular weight excluding hydrogens is 280 g/mol. The Hall–Kier alpha value is -1.62. The molecule has 3 N–H and O–H groups in total. The first-order valence-electron chi connectivity index (χ1n) is 5.22. The van der Waals surface area contributed by atoms with E-state index in [9.17, 15) is 0 Å². The highest BCUT2D eigenvalue weighted by Crippen LogP contribution is 2.24. The first-order chi connectivity index (χ1) is 8.16. The van der Waals surface area contributed by atoms with Crippen molar-refractivity contribution in [1.82, 2.24) is 9.97 Å². The van der Waals surface area contributed by atoms with E-state index in [-0.39, 0.29) is 0 Å². The Labute approximate surface area is 108 Å². The molecule has 0 aliphatic rings. The molecule has 2 aromatic rings. The number of nitrogens with zero attached hydrogens (tertiary/aromatic N) is 2. The number of hydrogen-bond donors (Lipinski definition) is 2. The van der Waals surface area contributed by atoms with Gasteiger partial charge in [0.1, 0.15) is 22.4 Å². The van der Waals surface area contributed by atoms with Crippen LogP contribution >= 0.6 is 15.9 Å². The number of benzene rings is 1. The molecule has 1 aromatic heterocycles. The van der Waals surface area contributed by atoms with Gasteiger partial charge in [0.2, 0.25) is 0 Å². The number of aryl methyl sites for hydroxylation is 1. The second-order valence-electron chi connectivity index (χ2n) is 3.76. The van der Waals surface area contributed by atoms with Gasteiger partial charge in [0, 0.05) is 6.54 Å². The molecule has 0 aliphatic carbocycles. The lowest BCUT2D eigenvalue weighted by Crippen LogP contribution is -2.04. The van der Waals surface area contributed by atoms with Gasteiger partial charge >= 0.3 is 0 Å². The Morgan fingerprint density at radius 1 is 1.24 bits per heavy atom. The molecule has 0 saturated carbocycles. The fourth-order valence-electron chi connectivity index (χ4n) is 1.40. The summed E-state index contributed by atoms with van der Waals surface area (Å²) in [4.78, 5) is 8.01. The van der Waals surface area contributed by atoms with Crippen LogP contribution in [0.25, 0.3) is 0 Å². The Bertz CT molecular complexity index is 510. The molecule has 0 unspecified atom stereocenters. The van der Waals surface area contributed by atoms with Crippen molar-refractivity contribution in [2.75, 3.05) is 11.1 Å². The highest BCUT2D eigenvalue weighted by atomic mass is 79.9. The SMILES string of the molecule is Cc1ccc(CNc2ncnc(N)c2Br)cc1. The van der Waals surface area contributed by atoms with E-state index in [4.69, 9.17) is 5.73 Å². The predicted octanol–water partition coefficient (Wildman–Crippen LogP) is 2.74. The van der Waals surface area contributed by atoms with Crippen LogP contribution in [0.4, 0.5) is 11.6 Å². The Kier molecular flexibility index (Phi) is 3.58. The number of anilines is 2. The summed E-state index contributed by atoms with van der Waals surface area (Å²) < 4.78 is 0.701. The molecule has 4 nitrogen and oxygen atoms in total. The van der Waals surface area contributed by atoms with Crippen molar-refractivity contribution in [3.05, 3.63) is 46.2 Å². The zero-order valence-electron chi connectivity index (χ0n) is 9.44. The monoisotopic (exact) mass is 292 g/mol. The average molecular weight is 293 g/mol. The zero-order chi connectivity index (χ0) is 12.3. The minimum atomic E-state index is 0.436. The van der Waals surface area contributed by atoms with Gasteiger partial charge in [-0.25, -0.2) is 9.97 Å². The number of hydrogen-bond acceptors (Lipinski definition) is 4. The van der Waals surface area contributed by atoms with Crippen molar-refractivity contribution < 1.29 is 0 Å². The van der Waals surface area contributed by atoms with E-state index in [0.29, 0.717) is 22.7 Å². The fourth-order valence-corrected chi connectivity index (χ4v) is 1.74. The van der Waals surface area contributed by atoms with Gasteiger partial charge in [0.25, 0.3) is 0 Å². The molecule has 2 rings (SSSR count). The van der Waals surface area contributed by atoms with Gasteiger partial charge < -0.3 is 11.1 Å². The van der Waals surface area contributed by atoms with E-state index in [1.165, 1.54) is 17.5 Å². The van der Waals surface area contributed by atoms with E-state index >= 15 is 0 Å². The standard InChI is InChI=1S/C12H13BrN4/c1-8-2-4-9(5-3-8)6-15-12-10(13)11(14)16-7-17-12/h2-5,7H,6H2,1H3,(H3,14,15,16,17). The van der Waals surface area contributed by atoms with Gasteiger partial charge in [-0.05, 0) is 28.4 Å². The van der Waals surface area contributed by atoms with Crippen LogP contribution in [-0.2, 0) is 6.54 Å². The second-order valence-corrected chi connectivity index (χ2v) is 4.55.